The summed E-state index contributed by atoms with van der Waals surface area (Å²) in [6.07, 6.45) is 8.76. The van der Waals surface area contributed by atoms with Gasteiger partial charge in [-0.2, -0.15) is 0 Å². The molecule has 3 aliphatic rings. The van der Waals surface area contributed by atoms with E-state index in [9.17, 15) is 10.2 Å². The SMILES string of the molecule is CC1=CC(C)C2C(/C=C/CC3OC(C)(C)OC3C(O)CCCCOC2O)C1. The Labute approximate surface area is 163 Å². The van der Waals surface area contributed by atoms with Crippen molar-refractivity contribution >= 4 is 0 Å². The Morgan fingerprint density at radius 1 is 1.15 bits per heavy atom. The maximum Gasteiger partial charge on any atom is 0.163 e. The minimum atomic E-state index is -0.760. The molecule has 0 spiro atoms. The fraction of sp³-hybridized carbons (Fsp3) is 0.818. The lowest BCUT2D eigenvalue weighted by Crippen LogP contribution is -2.37. The number of ether oxygens (including phenoxy) is 3. The molecule has 2 N–H and O–H groups in total. The standard InChI is InChI=1S/C22H36O5/c1-14-12-15(2)19-16(13-14)8-7-10-18-20(27-22(3,4)26-18)17(23)9-5-6-11-25-21(19)24/h7-8,12,15-21,23-24H,5-6,9-11,13H2,1-4H3/b8-7+. The Morgan fingerprint density at radius 3 is 2.70 bits per heavy atom. The molecule has 3 rings (SSSR count). The van der Waals surface area contributed by atoms with Gasteiger partial charge in [0.1, 0.15) is 6.10 Å². The maximum absolute atomic E-state index is 10.7. The van der Waals surface area contributed by atoms with E-state index in [-0.39, 0.29) is 30.0 Å². The van der Waals surface area contributed by atoms with Gasteiger partial charge in [0, 0.05) is 12.5 Å². The quantitative estimate of drug-likeness (QED) is 0.629. The van der Waals surface area contributed by atoms with Gasteiger partial charge < -0.3 is 24.4 Å². The van der Waals surface area contributed by atoms with Crippen LogP contribution in [0.15, 0.2) is 23.8 Å². The van der Waals surface area contributed by atoms with Crippen LogP contribution in [0.3, 0.4) is 0 Å². The molecule has 1 aliphatic carbocycles. The van der Waals surface area contributed by atoms with Crippen molar-refractivity contribution in [1.29, 1.82) is 0 Å². The van der Waals surface area contributed by atoms with Crippen molar-refractivity contribution in [2.45, 2.75) is 90.2 Å². The van der Waals surface area contributed by atoms with Gasteiger partial charge in [0.2, 0.25) is 0 Å². The highest BCUT2D eigenvalue weighted by molar-refractivity contribution is 5.13. The highest BCUT2D eigenvalue weighted by atomic mass is 16.8. The Bertz CT molecular complexity index is 555. The van der Waals surface area contributed by atoms with Gasteiger partial charge in [0.15, 0.2) is 12.1 Å². The lowest BCUT2D eigenvalue weighted by molar-refractivity contribution is -0.157. The van der Waals surface area contributed by atoms with Crippen LogP contribution in [-0.2, 0) is 14.2 Å². The highest BCUT2D eigenvalue weighted by Crippen LogP contribution is 2.38. The van der Waals surface area contributed by atoms with Crippen molar-refractivity contribution in [2.75, 3.05) is 6.61 Å². The number of allylic oxidation sites excluding steroid dienone is 3. The second kappa shape index (κ2) is 8.75. The van der Waals surface area contributed by atoms with E-state index in [1.54, 1.807) is 0 Å². The number of fused-ring (bicyclic) bond motifs is 2. The zero-order valence-corrected chi connectivity index (χ0v) is 17.1. The van der Waals surface area contributed by atoms with Crippen LogP contribution in [0.25, 0.3) is 0 Å². The van der Waals surface area contributed by atoms with Crippen molar-refractivity contribution in [3.63, 3.8) is 0 Å². The molecule has 0 amide bonds. The first-order chi connectivity index (χ1) is 12.8. The zero-order valence-electron chi connectivity index (χ0n) is 17.1. The lowest BCUT2D eigenvalue weighted by Gasteiger charge is -2.36. The second-order valence-corrected chi connectivity index (χ2v) is 8.94. The number of hydrogen-bond acceptors (Lipinski definition) is 5. The summed E-state index contributed by atoms with van der Waals surface area (Å²) in [7, 11) is 0. The van der Waals surface area contributed by atoms with Crippen LogP contribution in [-0.4, -0.2) is 47.2 Å². The van der Waals surface area contributed by atoms with E-state index < -0.39 is 18.2 Å². The average Bonchev–Trinajstić information content (AvgIpc) is 2.88. The van der Waals surface area contributed by atoms with Crippen LogP contribution >= 0.6 is 0 Å². The van der Waals surface area contributed by atoms with Gasteiger partial charge in [-0.3, -0.25) is 0 Å². The first-order valence-corrected chi connectivity index (χ1v) is 10.4. The van der Waals surface area contributed by atoms with Gasteiger partial charge in [0.05, 0.1) is 12.2 Å². The summed E-state index contributed by atoms with van der Waals surface area (Å²) in [4.78, 5) is 0. The van der Waals surface area contributed by atoms with Crippen molar-refractivity contribution in [3.8, 4) is 0 Å². The normalized spacial score (nSPS) is 44.5. The predicted octanol–water partition coefficient (Wildman–Crippen LogP) is 3.55. The first-order valence-electron chi connectivity index (χ1n) is 10.4. The van der Waals surface area contributed by atoms with Gasteiger partial charge in [-0.1, -0.05) is 30.7 Å². The lowest BCUT2D eigenvalue weighted by atomic mass is 9.73. The van der Waals surface area contributed by atoms with Crippen LogP contribution < -0.4 is 0 Å². The van der Waals surface area contributed by atoms with E-state index >= 15 is 0 Å². The van der Waals surface area contributed by atoms with Gasteiger partial charge >= 0.3 is 0 Å². The van der Waals surface area contributed by atoms with Crippen molar-refractivity contribution in [1.82, 2.24) is 0 Å². The van der Waals surface area contributed by atoms with E-state index in [1.807, 2.05) is 13.8 Å². The summed E-state index contributed by atoms with van der Waals surface area (Å²) in [5, 5.41) is 21.3. The molecule has 0 aromatic carbocycles. The Kier molecular flexibility index (Phi) is 6.80. The molecule has 7 unspecified atom stereocenters. The van der Waals surface area contributed by atoms with Crippen LogP contribution in [0.4, 0.5) is 0 Å². The molecular weight excluding hydrogens is 344 g/mol. The molecule has 2 heterocycles. The van der Waals surface area contributed by atoms with Gasteiger partial charge in [-0.05, 0) is 64.7 Å². The Hall–Kier alpha value is -0.720. The Morgan fingerprint density at radius 2 is 1.93 bits per heavy atom. The monoisotopic (exact) mass is 380 g/mol. The zero-order chi connectivity index (χ0) is 19.6. The molecule has 5 heteroatoms. The van der Waals surface area contributed by atoms with Crippen LogP contribution in [0.5, 0.6) is 0 Å². The molecule has 0 bridgehead atoms. The molecule has 0 radical (unpaired) electrons. The molecule has 7 atom stereocenters. The van der Waals surface area contributed by atoms with E-state index in [0.29, 0.717) is 19.4 Å². The average molecular weight is 381 g/mol. The summed E-state index contributed by atoms with van der Waals surface area (Å²) in [6.45, 7) is 8.63. The van der Waals surface area contributed by atoms with E-state index in [2.05, 4.69) is 32.1 Å². The van der Waals surface area contributed by atoms with E-state index in [0.717, 1.165) is 19.3 Å². The van der Waals surface area contributed by atoms with Crippen LogP contribution in [0.2, 0.25) is 0 Å². The third kappa shape index (κ3) is 5.21. The topological polar surface area (TPSA) is 68.2 Å². The maximum atomic E-state index is 10.7. The minimum absolute atomic E-state index is 0.0615. The fourth-order valence-electron chi connectivity index (χ4n) is 4.89. The molecule has 2 aliphatic heterocycles. The molecule has 1 fully saturated rings. The Balaban J connectivity index is 1.79. The summed E-state index contributed by atoms with van der Waals surface area (Å²) in [6, 6.07) is 0. The molecule has 0 saturated carbocycles. The molecule has 5 nitrogen and oxygen atoms in total. The number of rotatable bonds is 0. The van der Waals surface area contributed by atoms with Crippen molar-refractivity contribution < 1.29 is 24.4 Å². The van der Waals surface area contributed by atoms with Crippen LogP contribution in [0.1, 0.15) is 59.8 Å². The highest BCUT2D eigenvalue weighted by Gasteiger charge is 2.44. The number of aliphatic hydroxyl groups is 2. The van der Waals surface area contributed by atoms with E-state index in [1.165, 1.54) is 5.57 Å². The minimum Gasteiger partial charge on any atom is -0.390 e. The molecule has 154 valence electrons. The third-order valence-corrected chi connectivity index (χ3v) is 6.07. The molecule has 1 saturated heterocycles. The van der Waals surface area contributed by atoms with Gasteiger partial charge in [-0.25, -0.2) is 0 Å². The van der Waals surface area contributed by atoms with Crippen molar-refractivity contribution in [3.05, 3.63) is 23.8 Å². The first kappa shape index (κ1) is 21.0. The second-order valence-electron chi connectivity index (χ2n) is 8.94. The molecule has 0 aromatic rings. The number of hydrogen-bond donors (Lipinski definition) is 2. The molecule has 27 heavy (non-hydrogen) atoms. The van der Waals surface area contributed by atoms with Crippen LogP contribution in [0, 0.1) is 17.8 Å². The molecule has 0 aromatic heterocycles. The van der Waals surface area contributed by atoms with Crippen molar-refractivity contribution in [2.24, 2.45) is 17.8 Å². The largest absolute Gasteiger partial charge is 0.390 e. The summed E-state index contributed by atoms with van der Waals surface area (Å²) in [5.74, 6) is -0.0949. The predicted molar refractivity (Wildman–Crippen MR) is 104 cm³/mol. The van der Waals surface area contributed by atoms with Gasteiger partial charge in [0.25, 0.3) is 0 Å². The smallest absolute Gasteiger partial charge is 0.163 e. The third-order valence-electron chi connectivity index (χ3n) is 6.07. The van der Waals surface area contributed by atoms with E-state index in [4.69, 9.17) is 14.2 Å². The fourth-order valence-corrected chi connectivity index (χ4v) is 4.89. The van der Waals surface area contributed by atoms with Gasteiger partial charge in [-0.15, -0.1) is 0 Å². The summed E-state index contributed by atoms with van der Waals surface area (Å²) in [5.41, 5.74) is 1.36. The molecular formula is C22H36O5. The summed E-state index contributed by atoms with van der Waals surface area (Å²) >= 11 is 0. The number of aliphatic hydroxyl groups excluding tert-OH is 2. The summed E-state index contributed by atoms with van der Waals surface area (Å²) < 4.78 is 17.8.